The van der Waals surface area contributed by atoms with E-state index < -0.39 is 0 Å². The van der Waals surface area contributed by atoms with E-state index in [-0.39, 0.29) is 10.8 Å². The van der Waals surface area contributed by atoms with E-state index in [4.69, 9.17) is 24.4 Å². The number of hydrogen-bond acceptors (Lipinski definition) is 2. The van der Waals surface area contributed by atoms with Crippen molar-refractivity contribution >= 4 is 46.0 Å². The van der Waals surface area contributed by atoms with Crippen LogP contribution >= 0.6 is 24.4 Å². The summed E-state index contributed by atoms with van der Waals surface area (Å²) in [5, 5.41) is 15.3. The van der Waals surface area contributed by atoms with Crippen molar-refractivity contribution in [3.8, 4) is 0 Å². The molecule has 0 amide bonds. The molecule has 1 fully saturated rings. The van der Waals surface area contributed by atoms with Gasteiger partial charge in [0.2, 0.25) is 0 Å². The molecule has 34 heavy (non-hydrogen) atoms. The van der Waals surface area contributed by atoms with Gasteiger partial charge in [0.25, 0.3) is 0 Å². The minimum Gasteiger partial charge on any atom is -0.362 e. The molecule has 4 nitrogen and oxygen atoms in total. The fourth-order valence-corrected chi connectivity index (χ4v) is 5.87. The third-order valence-corrected chi connectivity index (χ3v) is 7.20. The Morgan fingerprint density at radius 3 is 1.91 bits per heavy atom. The maximum absolute atomic E-state index is 5.70. The quantitative estimate of drug-likeness (QED) is 0.342. The highest BCUT2D eigenvalue weighted by atomic mass is 32.1. The van der Waals surface area contributed by atoms with Gasteiger partial charge in [0.05, 0.1) is 0 Å². The maximum atomic E-state index is 5.70. The molecule has 0 spiro atoms. The Hall–Kier alpha value is -2.18. The van der Waals surface area contributed by atoms with Crippen LogP contribution in [0.4, 0.5) is 11.4 Å². The summed E-state index contributed by atoms with van der Waals surface area (Å²) in [4.78, 5) is 0. The minimum absolute atomic E-state index is 0.0989. The van der Waals surface area contributed by atoms with E-state index in [2.05, 4.69) is 106 Å². The number of rotatable bonds is 5. The van der Waals surface area contributed by atoms with Crippen molar-refractivity contribution in [3.63, 3.8) is 0 Å². The van der Waals surface area contributed by atoms with Gasteiger partial charge in [-0.3, -0.25) is 0 Å². The summed E-state index contributed by atoms with van der Waals surface area (Å²) in [7, 11) is 0. The Kier molecular flexibility index (Phi) is 8.25. The molecular formula is C28H40N4S2. The monoisotopic (exact) mass is 496 g/mol. The Balaban J connectivity index is 1.60. The third kappa shape index (κ3) is 7.41. The zero-order valence-electron chi connectivity index (χ0n) is 21.7. The van der Waals surface area contributed by atoms with Gasteiger partial charge in [0.1, 0.15) is 0 Å². The molecule has 3 rings (SSSR count). The Morgan fingerprint density at radius 1 is 0.824 bits per heavy atom. The molecule has 2 atom stereocenters. The van der Waals surface area contributed by atoms with Gasteiger partial charge in [-0.2, -0.15) is 0 Å². The lowest BCUT2D eigenvalue weighted by atomic mass is 9.62. The van der Waals surface area contributed by atoms with E-state index >= 15 is 0 Å². The van der Waals surface area contributed by atoms with E-state index in [9.17, 15) is 0 Å². The van der Waals surface area contributed by atoms with Crippen LogP contribution in [-0.4, -0.2) is 22.8 Å². The maximum Gasteiger partial charge on any atom is 0.171 e. The van der Waals surface area contributed by atoms with Gasteiger partial charge < -0.3 is 21.3 Å². The van der Waals surface area contributed by atoms with E-state index in [0.29, 0.717) is 16.3 Å². The van der Waals surface area contributed by atoms with Crippen LogP contribution in [0.3, 0.4) is 0 Å². The molecule has 0 aliphatic heterocycles. The molecule has 2 aromatic rings. The van der Waals surface area contributed by atoms with Crippen LogP contribution in [0.15, 0.2) is 36.4 Å². The van der Waals surface area contributed by atoms with Crippen molar-refractivity contribution < 1.29 is 0 Å². The van der Waals surface area contributed by atoms with E-state index in [1.807, 2.05) is 0 Å². The second-order valence-corrected chi connectivity index (χ2v) is 12.1. The first kappa shape index (κ1) is 26.4. The molecule has 0 heterocycles. The molecular weight excluding hydrogens is 456 g/mol. The number of hydrogen-bond donors (Lipinski definition) is 4. The average Bonchev–Trinajstić information content (AvgIpc) is 2.70. The predicted octanol–water partition coefficient (Wildman–Crippen LogP) is 6.78. The predicted molar refractivity (Wildman–Crippen MR) is 155 cm³/mol. The number of thiocarbonyl (C=S) groups is 2. The molecule has 184 valence electrons. The Morgan fingerprint density at radius 2 is 1.35 bits per heavy atom. The largest absolute Gasteiger partial charge is 0.362 e. The van der Waals surface area contributed by atoms with Crippen molar-refractivity contribution in [2.24, 2.45) is 10.8 Å². The molecule has 1 saturated carbocycles. The molecule has 2 aromatic carbocycles. The summed E-state index contributed by atoms with van der Waals surface area (Å²) in [6.45, 7) is 16.3. The Bertz CT molecular complexity index is 1060. The second kappa shape index (κ2) is 10.6. The normalized spacial score (nSPS) is 21.4. The van der Waals surface area contributed by atoms with Crippen LogP contribution in [0.25, 0.3) is 0 Å². The number of aryl methyl sites for hydroxylation is 4. The number of anilines is 2. The van der Waals surface area contributed by atoms with Crippen molar-refractivity contribution in [3.05, 3.63) is 58.7 Å². The first-order chi connectivity index (χ1) is 15.8. The topological polar surface area (TPSA) is 48.1 Å². The second-order valence-electron chi connectivity index (χ2n) is 11.3. The summed E-state index contributed by atoms with van der Waals surface area (Å²) < 4.78 is 0. The molecule has 0 radical (unpaired) electrons. The molecule has 1 aliphatic rings. The van der Waals surface area contributed by atoms with Crippen molar-refractivity contribution in [2.75, 3.05) is 17.2 Å². The lowest BCUT2D eigenvalue weighted by molar-refractivity contribution is 0.0807. The van der Waals surface area contributed by atoms with Crippen LogP contribution in [0, 0.1) is 38.5 Å². The van der Waals surface area contributed by atoms with Gasteiger partial charge in [0, 0.05) is 24.0 Å². The van der Waals surface area contributed by atoms with Crippen LogP contribution in [0.5, 0.6) is 0 Å². The first-order valence-electron chi connectivity index (χ1n) is 12.1. The van der Waals surface area contributed by atoms with Crippen LogP contribution in [0.1, 0.15) is 62.3 Å². The lowest BCUT2D eigenvalue weighted by Gasteiger charge is -2.47. The van der Waals surface area contributed by atoms with Crippen LogP contribution in [-0.2, 0) is 0 Å². The zero-order chi connectivity index (χ0) is 25.1. The summed E-state index contributed by atoms with van der Waals surface area (Å²) in [5.41, 5.74) is 7.26. The highest BCUT2D eigenvalue weighted by molar-refractivity contribution is 7.80. The molecule has 0 bridgehead atoms. The van der Waals surface area contributed by atoms with Gasteiger partial charge in [-0.15, -0.1) is 0 Å². The summed E-state index contributed by atoms with van der Waals surface area (Å²) >= 11 is 11.3. The van der Waals surface area contributed by atoms with Gasteiger partial charge in [-0.05, 0) is 117 Å². The molecule has 1 aliphatic carbocycles. The van der Waals surface area contributed by atoms with Crippen molar-refractivity contribution in [2.45, 2.75) is 73.8 Å². The van der Waals surface area contributed by atoms with Crippen LogP contribution < -0.4 is 21.3 Å². The standard InChI is InChI=1S/C28H40N4S2/c1-18-8-10-20(3)23(12-18)31-25(33)29-17-28(7)15-22(14-27(5,6)16-28)30-26(34)32-24-13-19(2)9-11-21(24)4/h8-13,22H,14-17H2,1-7H3,(H2,29,31,33)(H2,30,32,34)/t22-,28+/m1/s1. The van der Waals surface area contributed by atoms with Gasteiger partial charge in [0.15, 0.2) is 10.2 Å². The number of nitrogens with one attached hydrogen (secondary N) is 4. The summed E-state index contributed by atoms with van der Waals surface area (Å²) in [6.07, 6.45) is 3.25. The van der Waals surface area contributed by atoms with Gasteiger partial charge in [-0.1, -0.05) is 45.0 Å². The summed E-state index contributed by atoms with van der Waals surface area (Å²) in [5.74, 6) is 0. The lowest BCUT2D eigenvalue weighted by Crippen LogP contribution is -2.51. The minimum atomic E-state index is 0.0989. The average molecular weight is 497 g/mol. The SMILES string of the molecule is Cc1ccc(C)c(NC(=S)NC[C@@]2(C)C[C@H](NC(=S)Nc3cc(C)ccc3C)CC(C)(C)C2)c1. The third-order valence-electron chi connectivity index (χ3n) is 6.74. The van der Waals surface area contributed by atoms with E-state index in [1.54, 1.807) is 0 Å². The van der Waals surface area contributed by atoms with Crippen molar-refractivity contribution in [1.29, 1.82) is 0 Å². The highest BCUT2D eigenvalue weighted by Crippen LogP contribution is 2.45. The van der Waals surface area contributed by atoms with Gasteiger partial charge in [-0.25, -0.2) is 0 Å². The molecule has 0 saturated heterocycles. The smallest absolute Gasteiger partial charge is 0.171 e. The fraction of sp³-hybridized carbons (Fsp3) is 0.500. The zero-order valence-corrected chi connectivity index (χ0v) is 23.3. The van der Waals surface area contributed by atoms with Crippen LogP contribution in [0.2, 0.25) is 0 Å². The van der Waals surface area contributed by atoms with Crippen molar-refractivity contribution in [1.82, 2.24) is 10.6 Å². The first-order valence-corrected chi connectivity index (χ1v) is 12.9. The van der Waals surface area contributed by atoms with E-state index in [1.165, 1.54) is 22.3 Å². The highest BCUT2D eigenvalue weighted by Gasteiger charge is 2.41. The molecule has 4 N–H and O–H groups in total. The number of benzene rings is 2. The van der Waals surface area contributed by atoms with Gasteiger partial charge >= 0.3 is 0 Å². The van der Waals surface area contributed by atoms with E-state index in [0.717, 1.165) is 37.2 Å². The fourth-order valence-electron chi connectivity index (χ4n) is 5.42. The molecule has 0 aromatic heterocycles. The summed E-state index contributed by atoms with van der Waals surface area (Å²) in [6, 6.07) is 13.1. The Labute approximate surface area is 216 Å². The molecule has 6 heteroatoms. The molecule has 0 unspecified atom stereocenters.